The van der Waals surface area contributed by atoms with E-state index in [0.717, 1.165) is 29.5 Å². The summed E-state index contributed by atoms with van der Waals surface area (Å²) in [4.78, 5) is 27.4. The average molecular weight is 458 g/mol. The zero-order chi connectivity index (χ0) is 21.6. The Labute approximate surface area is 188 Å². The molecule has 0 radical (unpaired) electrons. The monoisotopic (exact) mass is 457 g/mol. The molecule has 1 aliphatic rings. The molecule has 2 aromatic heterocycles. The normalized spacial score (nSPS) is 14.0. The van der Waals surface area contributed by atoms with Crippen LogP contribution in [0.4, 0.5) is 5.95 Å². The van der Waals surface area contributed by atoms with E-state index in [4.69, 9.17) is 10.5 Å². The van der Waals surface area contributed by atoms with E-state index >= 15 is 0 Å². The van der Waals surface area contributed by atoms with Gasteiger partial charge in [-0.1, -0.05) is 42.1 Å². The lowest BCUT2D eigenvalue weighted by molar-refractivity contribution is -0.117. The summed E-state index contributed by atoms with van der Waals surface area (Å²) in [5.74, 6) is 0.627. The Bertz CT molecular complexity index is 1040. The summed E-state index contributed by atoms with van der Waals surface area (Å²) in [5.41, 5.74) is 6.38. The van der Waals surface area contributed by atoms with Crippen molar-refractivity contribution in [3.8, 4) is 0 Å². The van der Waals surface area contributed by atoms with Gasteiger partial charge in [-0.15, -0.1) is 21.5 Å². The van der Waals surface area contributed by atoms with Crippen molar-refractivity contribution >= 4 is 40.7 Å². The first-order chi connectivity index (χ1) is 15.1. The van der Waals surface area contributed by atoms with E-state index < -0.39 is 5.91 Å². The second kappa shape index (κ2) is 10.1. The van der Waals surface area contributed by atoms with Gasteiger partial charge in [0.1, 0.15) is 0 Å². The molecule has 2 N–H and O–H groups in total. The largest absolute Gasteiger partial charge is 0.378 e. The number of primary amides is 1. The van der Waals surface area contributed by atoms with Crippen LogP contribution in [0.25, 0.3) is 0 Å². The van der Waals surface area contributed by atoms with E-state index in [1.165, 1.54) is 23.1 Å². The topological polar surface area (TPSA) is 103 Å². The predicted octanol–water partition coefficient (Wildman–Crippen LogP) is 2.23. The number of anilines is 1. The van der Waals surface area contributed by atoms with Crippen molar-refractivity contribution in [2.45, 2.75) is 18.1 Å². The molecule has 10 heteroatoms. The Hall–Kier alpha value is -2.69. The van der Waals surface area contributed by atoms with Gasteiger partial charge in [0.25, 0.3) is 0 Å². The number of aromatic nitrogens is 3. The second-order valence-electron chi connectivity index (χ2n) is 7.07. The molecule has 3 aromatic rings. The number of amides is 1. The van der Waals surface area contributed by atoms with E-state index in [-0.39, 0.29) is 18.0 Å². The first-order valence-electron chi connectivity index (χ1n) is 9.93. The molecule has 8 nitrogen and oxygen atoms in total. The minimum Gasteiger partial charge on any atom is -0.378 e. The van der Waals surface area contributed by atoms with Crippen molar-refractivity contribution in [1.29, 1.82) is 0 Å². The second-order valence-corrected chi connectivity index (χ2v) is 9.19. The highest BCUT2D eigenvalue weighted by molar-refractivity contribution is 7.99. The van der Waals surface area contributed by atoms with Crippen molar-refractivity contribution in [2.24, 2.45) is 5.73 Å². The number of thioether (sulfide) groups is 1. The molecule has 4 rings (SSSR count). The first-order valence-corrected chi connectivity index (χ1v) is 11.7. The van der Waals surface area contributed by atoms with Gasteiger partial charge >= 0.3 is 0 Å². The molecular weight excluding hydrogens is 434 g/mol. The van der Waals surface area contributed by atoms with Gasteiger partial charge in [-0.25, -0.2) is 0 Å². The van der Waals surface area contributed by atoms with Crippen molar-refractivity contribution in [1.82, 2.24) is 14.8 Å². The molecule has 1 aromatic carbocycles. The van der Waals surface area contributed by atoms with Crippen molar-refractivity contribution < 1.29 is 14.3 Å². The lowest BCUT2D eigenvalue weighted by atomic mass is 10.2. The molecule has 1 saturated heterocycles. The van der Waals surface area contributed by atoms with E-state index in [1.807, 2.05) is 18.2 Å². The van der Waals surface area contributed by atoms with Gasteiger partial charge in [0.15, 0.2) is 10.9 Å². The molecule has 0 aliphatic carbocycles. The van der Waals surface area contributed by atoms with Crippen LogP contribution >= 0.6 is 23.1 Å². The maximum absolute atomic E-state index is 12.7. The SMILES string of the molecule is NC(=O)Cc1ccc(C(=O)CSc2nnc(N3CCOCC3)n2Cc2ccccc2)s1. The molecule has 0 bridgehead atoms. The van der Waals surface area contributed by atoms with Crippen LogP contribution in [0.3, 0.4) is 0 Å². The van der Waals surface area contributed by atoms with Gasteiger partial charge in [-0.2, -0.15) is 0 Å². The number of nitrogens with two attached hydrogens (primary N) is 1. The summed E-state index contributed by atoms with van der Waals surface area (Å²) >= 11 is 2.68. The summed E-state index contributed by atoms with van der Waals surface area (Å²) < 4.78 is 7.52. The fraction of sp³-hybridized carbons (Fsp3) is 0.333. The molecule has 0 saturated carbocycles. The van der Waals surface area contributed by atoms with Crippen molar-refractivity contribution in [3.05, 3.63) is 57.8 Å². The summed E-state index contributed by atoms with van der Waals surface area (Å²) in [7, 11) is 0. The summed E-state index contributed by atoms with van der Waals surface area (Å²) in [6.07, 6.45) is 0.152. The number of hydrogen-bond donors (Lipinski definition) is 1. The fourth-order valence-corrected chi connectivity index (χ4v) is 5.15. The Balaban J connectivity index is 1.50. The minimum atomic E-state index is -0.403. The maximum Gasteiger partial charge on any atom is 0.228 e. The molecule has 0 unspecified atom stereocenters. The van der Waals surface area contributed by atoms with Crippen LogP contribution in [0.5, 0.6) is 0 Å². The van der Waals surface area contributed by atoms with E-state index in [0.29, 0.717) is 29.8 Å². The molecule has 31 heavy (non-hydrogen) atoms. The van der Waals surface area contributed by atoms with Crippen LogP contribution in [0.15, 0.2) is 47.6 Å². The van der Waals surface area contributed by atoms with E-state index in [2.05, 4.69) is 31.8 Å². The summed E-state index contributed by atoms with van der Waals surface area (Å²) in [6, 6.07) is 13.7. The number of carbonyl (C=O) groups excluding carboxylic acids is 2. The first kappa shape index (κ1) is 21.5. The number of morpholine rings is 1. The molecule has 162 valence electrons. The molecule has 1 amide bonds. The van der Waals surface area contributed by atoms with Gasteiger partial charge in [-0.05, 0) is 17.7 Å². The Morgan fingerprint density at radius 2 is 1.87 bits per heavy atom. The minimum absolute atomic E-state index is 0.00657. The third-order valence-electron chi connectivity index (χ3n) is 4.79. The third kappa shape index (κ3) is 5.52. The number of ketones is 1. The van der Waals surface area contributed by atoms with Crippen LogP contribution < -0.4 is 10.6 Å². The molecule has 0 spiro atoms. The standard InChI is InChI=1S/C21H23N5O3S2/c22-19(28)12-16-6-7-18(31-16)17(27)14-30-21-24-23-20(25-8-10-29-11-9-25)26(21)13-15-4-2-1-3-5-15/h1-7H,8-14H2,(H2,22,28). The zero-order valence-corrected chi connectivity index (χ0v) is 18.5. The third-order valence-corrected chi connectivity index (χ3v) is 6.89. The van der Waals surface area contributed by atoms with Crippen LogP contribution in [0.2, 0.25) is 0 Å². The molecule has 1 fully saturated rings. The number of hydrogen-bond acceptors (Lipinski definition) is 8. The number of nitrogens with zero attached hydrogens (tertiary/aromatic N) is 4. The quantitative estimate of drug-likeness (QED) is 0.388. The van der Waals surface area contributed by atoms with Crippen LogP contribution in [-0.2, 0) is 22.5 Å². The van der Waals surface area contributed by atoms with Gasteiger partial charge in [0.2, 0.25) is 11.9 Å². The highest BCUT2D eigenvalue weighted by Crippen LogP contribution is 2.26. The predicted molar refractivity (Wildman–Crippen MR) is 121 cm³/mol. The summed E-state index contributed by atoms with van der Waals surface area (Å²) in [5, 5.41) is 9.51. The van der Waals surface area contributed by atoms with E-state index in [9.17, 15) is 9.59 Å². The molecular formula is C21H23N5O3S2. The van der Waals surface area contributed by atoms with Crippen LogP contribution in [-0.4, -0.2) is 58.5 Å². The lowest BCUT2D eigenvalue weighted by Crippen LogP contribution is -2.38. The fourth-order valence-electron chi connectivity index (χ4n) is 3.29. The Morgan fingerprint density at radius 1 is 1.10 bits per heavy atom. The molecule has 1 aliphatic heterocycles. The number of ether oxygens (including phenoxy) is 1. The average Bonchev–Trinajstić information content (AvgIpc) is 3.40. The Kier molecular flexibility index (Phi) is 7.00. The number of rotatable bonds is 9. The van der Waals surface area contributed by atoms with E-state index in [1.54, 1.807) is 12.1 Å². The zero-order valence-electron chi connectivity index (χ0n) is 16.9. The number of carbonyl (C=O) groups is 2. The van der Waals surface area contributed by atoms with Crippen LogP contribution in [0, 0.1) is 0 Å². The highest BCUT2D eigenvalue weighted by atomic mass is 32.2. The molecule has 3 heterocycles. The van der Waals surface area contributed by atoms with Crippen LogP contribution in [0.1, 0.15) is 20.1 Å². The van der Waals surface area contributed by atoms with Gasteiger partial charge in [0.05, 0.1) is 36.8 Å². The van der Waals surface area contributed by atoms with Gasteiger partial charge in [-0.3, -0.25) is 14.2 Å². The van der Waals surface area contributed by atoms with Crippen molar-refractivity contribution in [2.75, 3.05) is 37.0 Å². The maximum atomic E-state index is 12.7. The summed E-state index contributed by atoms with van der Waals surface area (Å²) in [6.45, 7) is 3.46. The number of Topliss-reactive ketones (excluding diaryl/α,β-unsaturated/α-hetero) is 1. The molecule has 0 atom stereocenters. The van der Waals surface area contributed by atoms with Gasteiger partial charge < -0.3 is 15.4 Å². The Morgan fingerprint density at radius 3 is 2.61 bits per heavy atom. The number of benzene rings is 1. The van der Waals surface area contributed by atoms with Crippen molar-refractivity contribution in [3.63, 3.8) is 0 Å². The smallest absolute Gasteiger partial charge is 0.228 e. The van der Waals surface area contributed by atoms with Gasteiger partial charge in [0, 0.05) is 18.0 Å². The lowest BCUT2D eigenvalue weighted by Gasteiger charge is -2.28. The highest BCUT2D eigenvalue weighted by Gasteiger charge is 2.22. The number of thiophene rings is 1.